The zero-order valence-electron chi connectivity index (χ0n) is 19.6. The Hall–Kier alpha value is -3.02. The molecule has 31 heavy (non-hydrogen) atoms. The van der Waals surface area contributed by atoms with Crippen LogP contribution < -0.4 is 20.4 Å². The fraction of sp³-hybridized carbons (Fsp3) is 0.440. The Balaban J connectivity index is 1.78. The number of methoxy groups -OCH3 is 1. The molecule has 3 rings (SSSR count). The fourth-order valence-corrected chi connectivity index (χ4v) is 4.79. The second-order valence-corrected chi connectivity index (χ2v) is 9.17. The van der Waals surface area contributed by atoms with Gasteiger partial charge in [-0.1, -0.05) is 19.1 Å². The molecule has 0 aliphatic carbocycles. The Morgan fingerprint density at radius 3 is 2.68 bits per heavy atom. The van der Waals surface area contributed by atoms with E-state index < -0.39 is 6.03 Å². The molecule has 0 fully saturated rings. The van der Waals surface area contributed by atoms with Crippen LogP contribution in [0.25, 0.3) is 0 Å². The van der Waals surface area contributed by atoms with Crippen molar-refractivity contribution < 1.29 is 9.53 Å². The third kappa shape index (κ3) is 4.84. The normalized spacial score (nSPS) is 17.5. The maximum atomic E-state index is 12.2. The van der Waals surface area contributed by atoms with E-state index in [9.17, 15) is 4.79 Å². The van der Waals surface area contributed by atoms with Gasteiger partial charge in [-0.3, -0.25) is 0 Å². The van der Waals surface area contributed by atoms with Crippen molar-refractivity contribution >= 4 is 23.6 Å². The number of carbonyl (C=O) groups excluding carboxylic acids is 1. The number of hydrogen-bond donors (Lipinski definition) is 2. The maximum absolute atomic E-state index is 12.2. The third-order valence-electron chi connectivity index (χ3n) is 5.90. The van der Waals surface area contributed by atoms with Gasteiger partial charge in [-0.05, 0) is 87.9 Å². The summed E-state index contributed by atoms with van der Waals surface area (Å²) in [7, 11) is 1.57. The second kappa shape index (κ2) is 9.00. The SMILES string of the molecule is COc1ccccc1NC(=O)N/N=C/c1cc2c(cc1C)N(C(C)C)C(C)(C)C[C@@H]2C. The molecule has 1 atom stereocenters. The molecular formula is C25H34N4O2. The number of nitrogens with zero attached hydrogens (tertiary/aromatic N) is 2. The van der Waals surface area contributed by atoms with Gasteiger partial charge in [-0.15, -0.1) is 0 Å². The summed E-state index contributed by atoms with van der Waals surface area (Å²) in [6.07, 6.45) is 2.81. The lowest BCUT2D eigenvalue weighted by Gasteiger charge is -2.50. The number of anilines is 2. The van der Waals surface area contributed by atoms with E-state index in [4.69, 9.17) is 4.74 Å². The van der Waals surface area contributed by atoms with Gasteiger partial charge in [0.25, 0.3) is 0 Å². The van der Waals surface area contributed by atoms with Gasteiger partial charge in [0.05, 0.1) is 19.0 Å². The maximum Gasteiger partial charge on any atom is 0.339 e. The van der Waals surface area contributed by atoms with E-state index in [1.807, 2.05) is 12.1 Å². The number of hydrogen-bond acceptors (Lipinski definition) is 4. The molecule has 2 aromatic rings. The molecular weight excluding hydrogens is 388 g/mol. The van der Waals surface area contributed by atoms with Crippen molar-refractivity contribution in [3.8, 4) is 5.75 Å². The Morgan fingerprint density at radius 1 is 1.29 bits per heavy atom. The van der Waals surface area contributed by atoms with E-state index in [-0.39, 0.29) is 5.54 Å². The Bertz CT molecular complexity index is 981. The van der Waals surface area contributed by atoms with Crippen molar-refractivity contribution in [3.63, 3.8) is 0 Å². The van der Waals surface area contributed by atoms with E-state index in [1.165, 1.54) is 11.3 Å². The average molecular weight is 423 g/mol. The summed E-state index contributed by atoms with van der Waals surface area (Å²) in [4.78, 5) is 14.8. The molecule has 1 aliphatic heterocycles. The van der Waals surface area contributed by atoms with Crippen molar-refractivity contribution in [2.24, 2.45) is 5.10 Å². The number of aryl methyl sites for hydroxylation is 1. The number of benzene rings is 2. The van der Waals surface area contributed by atoms with E-state index >= 15 is 0 Å². The molecule has 6 nitrogen and oxygen atoms in total. The molecule has 0 bridgehead atoms. The fourth-order valence-electron chi connectivity index (χ4n) is 4.79. The number of fused-ring (bicyclic) bond motifs is 1. The topological polar surface area (TPSA) is 66.0 Å². The summed E-state index contributed by atoms with van der Waals surface area (Å²) in [5, 5.41) is 6.92. The number of urea groups is 1. The Labute approximate surface area is 185 Å². The molecule has 0 radical (unpaired) electrons. The first kappa shape index (κ1) is 22.7. The van der Waals surface area contributed by atoms with Crippen LogP contribution in [0.4, 0.5) is 16.2 Å². The minimum atomic E-state index is -0.419. The summed E-state index contributed by atoms with van der Waals surface area (Å²) in [6, 6.07) is 11.7. The highest BCUT2D eigenvalue weighted by Crippen LogP contribution is 2.45. The van der Waals surface area contributed by atoms with Gasteiger partial charge in [-0.2, -0.15) is 5.10 Å². The van der Waals surface area contributed by atoms with Crippen LogP contribution in [0.5, 0.6) is 5.75 Å². The lowest BCUT2D eigenvalue weighted by atomic mass is 9.78. The number of carbonyl (C=O) groups is 1. The molecule has 2 amide bonds. The largest absolute Gasteiger partial charge is 0.495 e. The van der Waals surface area contributed by atoms with Crippen LogP contribution in [0, 0.1) is 6.92 Å². The summed E-state index contributed by atoms with van der Waals surface area (Å²) in [5.41, 5.74) is 8.01. The number of ether oxygens (including phenoxy) is 1. The molecule has 1 aliphatic rings. The zero-order valence-corrected chi connectivity index (χ0v) is 19.6. The van der Waals surface area contributed by atoms with Crippen LogP contribution in [-0.4, -0.2) is 30.9 Å². The molecule has 0 aromatic heterocycles. The van der Waals surface area contributed by atoms with Crippen LogP contribution >= 0.6 is 0 Å². The van der Waals surface area contributed by atoms with Gasteiger partial charge in [0.2, 0.25) is 0 Å². The molecule has 166 valence electrons. The number of rotatable bonds is 5. The number of amides is 2. The molecule has 0 spiro atoms. The predicted molar refractivity (Wildman–Crippen MR) is 129 cm³/mol. The summed E-state index contributed by atoms with van der Waals surface area (Å²) >= 11 is 0. The molecule has 0 saturated carbocycles. The van der Waals surface area contributed by atoms with Crippen LogP contribution in [0.1, 0.15) is 63.6 Å². The van der Waals surface area contributed by atoms with Gasteiger partial charge in [0.1, 0.15) is 5.75 Å². The van der Waals surface area contributed by atoms with Crippen molar-refractivity contribution in [2.75, 3.05) is 17.3 Å². The molecule has 2 N–H and O–H groups in total. The van der Waals surface area contributed by atoms with Gasteiger partial charge in [0.15, 0.2) is 0 Å². The molecule has 0 unspecified atom stereocenters. The number of nitrogens with one attached hydrogen (secondary N) is 2. The van der Waals surface area contributed by atoms with Gasteiger partial charge < -0.3 is 15.0 Å². The predicted octanol–water partition coefficient (Wildman–Crippen LogP) is 5.66. The first-order chi connectivity index (χ1) is 14.6. The quantitative estimate of drug-likeness (QED) is 0.483. The summed E-state index contributed by atoms with van der Waals surface area (Å²) < 4.78 is 5.25. The van der Waals surface area contributed by atoms with Crippen LogP contribution in [0.3, 0.4) is 0 Å². The van der Waals surface area contributed by atoms with E-state index in [2.05, 4.69) is 74.4 Å². The number of hydrazone groups is 1. The third-order valence-corrected chi connectivity index (χ3v) is 5.90. The summed E-state index contributed by atoms with van der Waals surface area (Å²) in [6.45, 7) is 13.5. The van der Waals surface area contributed by atoms with Crippen molar-refractivity contribution in [1.29, 1.82) is 0 Å². The van der Waals surface area contributed by atoms with Gasteiger partial charge in [-0.25, -0.2) is 10.2 Å². The first-order valence-corrected chi connectivity index (χ1v) is 10.8. The lowest BCUT2D eigenvalue weighted by molar-refractivity contribution is 0.252. The second-order valence-electron chi connectivity index (χ2n) is 9.17. The first-order valence-electron chi connectivity index (χ1n) is 10.8. The highest BCUT2D eigenvalue weighted by molar-refractivity contribution is 5.92. The van der Waals surface area contributed by atoms with E-state index in [1.54, 1.807) is 25.5 Å². The molecule has 2 aromatic carbocycles. The Morgan fingerprint density at radius 2 is 2.00 bits per heavy atom. The summed E-state index contributed by atoms with van der Waals surface area (Å²) in [5.74, 6) is 1.05. The Kier molecular flexibility index (Phi) is 6.58. The smallest absolute Gasteiger partial charge is 0.339 e. The van der Waals surface area contributed by atoms with Crippen molar-refractivity contribution in [1.82, 2.24) is 5.43 Å². The van der Waals surface area contributed by atoms with Crippen molar-refractivity contribution in [2.45, 2.75) is 65.5 Å². The zero-order chi connectivity index (χ0) is 22.8. The molecule has 6 heteroatoms. The molecule has 0 saturated heterocycles. The standard InChI is InChI=1S/C25H34N4O2/c1-16(2)29-22-12-17(3)19(13-20(22)18(4)14-25(29,5)6)15-26-28-24(30)27-21-10-8-9-11-23(21)31-7/h8-13,15-16,18H,14H2,1-7H3,(H2,27,28,30)/b26-15+/t18-/m0/s1. The highest BCUT2D eigenvalue weighted by Gasteiger charge is 2.37. The highest BCUT2D eigenvalue weighted by atomic mass is 16.5. The minimum absolute atomic E-state index is 0.112. The van der Waals surface area contributed by atoms with E-state index in [0.29, 0.717) is 23.4 Å². The van der Waals surface area contributed by atoms with Crippen LogP contribution in [0.2, 0.25) is 0 Å². The van der Waals surface area contributed by atoms with Gasteiger partial charge >= 0.3 is 6.03 Å². The average Bonchev–Trinajstić information content (AvgIpc) is 2.68. The van der Waals surface area contributed by atoms with Gasteiger partial charge in [0, 0.05) is 17.3 Å². The number of para-hydroxylation sites is 2. The van der Waals surface area contributed by atoms with Crippen LogP contribution in [0.15, 0.2) is 41.5 Å². The van der Waals surface area contributed by atoms with E-state index in [0.717, 1.165) is 17.5 Å². The van der Waals surface area contributed by atoms with Crippen LogP contribution in [-0.2, 0) is 0 Å². The molecule has 1 heterocycles. The monoisotopic (exact) mass is 422 g/mol. The lowest BCUT2D eigenvalue weighted by Crippen LogP contribution is -2.51. The minimum Gasteiger partial charge on any atom is -0.495 e. The van der Waals surface area contributed by atoms with Crippen molar-refractivity contribution in [3.05, 3.63) is 53.1 Å².